The van der Waals surface area contributed by atoms with Crippen LogP contribution in [0, 0.1) is 0 Å². The molecular formula is C10H11BrO2S. The van der Waals surface area contributed by atoms with Gasteiger partial charge in [-0.15, -0.1) is 11.3 Å². The molecule has 0 saturated carbocycles. The minimum absolute atomic E-state index is 0.296. The first-order chi connectivity index (χ1) is 6.70. The fraction of sp³-hybridized carbons (Fsp3) is 0.100. The van der Waals surface area contributed by atoms with Crippen molar-refractivity contribution in [2.75, 3.05) is 5.83 Å². The Morgan fingerprint density at radius 1 is 1.50 bits per heavy atom. The van der Waals surface area contributed by atoms with Crippen molar-refractivity contribution in [1.29, 1.82) is 0 Å². The van der Waals surface area contributed by atoms with Gasteiger partial charge in [0.2, 0.25) is 0 Å². The van der Waals surface area contributed by atoms with Crippen molar-refractivity contribution in [3.05, 3.63) is 34.5 Å². The number of hydrogen-bond donors (Lipinski definition) is 1. The highest BCUT2D eigenvalue weighted by Gasteiger charge is 2.11. The first-order valence-electron chi connectivity index (χ1n) is 3.68. The van der Waals surface area contributed by atoms with Gasteiger partial charge in [-0.1, -0.05) is 41.2 Å². The summed E-state index contributed by atoms with van der Waals surface area (Å²) in [5.74, 6) is 0.891. The fourth-order valence-corrected chi connectivity index (χ4v) is 1.81. The Bertz CT molecular complexity index is 342. The van der Waals surface area contributed by atoms with E-state index in [0.29, 0.717) is 11.1 Å². The Morgan fingerprint density at radius 2 is 2.07 bits per heavy atom. The highest BCUT2D eigenvalue weighted by molar-refractivity contribution is 9.08. The van der Waals surface area contributed by atoms with Crippen LogP contribution in [0.15, 0.2) is 18.5 Å². The van der Waals surface area contributed by atoms with Gasteiger partial charge < -0.3 is 5.11 Å². The van der Waals surface area contributed by atoms with E-state index in [-0.39, 0.29) is 0 Å². The lowest BCUT2D eigenvalue weighted by atomic mass is 10.1. The minimum atomic E-state index is -0.922. The molecule has 0 bridgehead atoms. The first kappa shape index (κ1) is 13.1. The lowest BCUT2D eigenvalue weighted by Gasteiger charge is -1.92. The smallest absolute Gasteiger partial charge is 0.337 e. The van der Waals surface area contributed by atoms with Gasteiger partial charge in [0.1, 0.15) is 0 Å². The predicted octanol–water partition coefficient (Wildman–Crippen LogP) is 3.74. The highest BCUT2D eigenvalue weighted by Crippen LogP contribution is 2.24. The van der Waals surface area contributed by atoms with Gasteiger partial charge in [0.05, 0.1) is 5.56 Å². The Morgan fingerprint density at radius 3 is 2.43 bits per heavy atom. The van der Waals surface area contributed by atoms with Gasteiger partial charge in [0.25, 0.3) is 0 Å². The summed E-state index contributed by atoms with van der Waals surface area (Å²) in [6.45, 7) is 7.13. The van der Waals surface area contributed by atoms with Crippen molar-refractivity contribution in [3.8, 4) is 0 Å². The molecule has 0 aliphatic carbocycles. The van der Waals surface area contributed by atoms with Gasteiger partial charge in [-0.3, -0.25) is 0 Å². The molecule has 2 nitrogen and oxygen atoms in total. The number of carboxylic acids is 1. The van der Waals surface area contributed by atoms with E-state index in [2.05, 4.69) is 29.1 Å². The van der Waals surface area contributed by atoms with Crippen molar-refractivity contribution < 1.29 is 9.90 Å². The molecule has 0 aromatic carbocycles. The second-order valence-electron chi connectivity index (χ2n) is 2.14. The van der Waals surface area contributed by atoms with Crippen LogP contribution in [-0.2, 0) is 0 Å². The number of halogens is 1. The van der Waals surface area contributed by atoms with E-state index >= 15 is 0 Å². The van der Waals surface area contributed by atoms with Gasteiger partial charge in [-0.05, 0) is 5.83 Å². The summed E-state index contributed by atoms with van der Waals surface area (Å²) in [6.07, 6.45) is 3.17. The summed E-state index contributed by atoms with van der Waals surface area (Å²) in [6, 6.07) is 0. The number of hydrogen-bond acceptors (Lipinski definition) is 2. The second kappa shape index (κ2) is 6.56. The summed E-state index contributed by atoms with van der Waals surface area (Å²) in [4.78, 5) is 11.5. The van der Waals surface area contributed by atoms with Gasteiger partial charge in [-0.2, -0.15) is 0 Å². The largest absolute Gasteiger partial charge is 0.478 e. The molecular weight excluding hydrogens is 264 g/mol. The van der Waals surface area contributed by atoms with E-state index < -0.39 is 5.97 Å². The summed E-state index contributed by atoms with van der Waals surface area (Å²) in [7, 11) is 0. The molecule has 1 heterocycles. The number of carboxylic acid groups (broad SMARTS) is 1. The molecule has 0 saturated heterocycles. The van der Waals surface area contributed by atoms with Crippen molar-refractivity contribution >= 4 is 45.4 Å². The van der Waals surface area contributed by atoms with Crippen LogP contribution in [0.1, 0.15) is 20.8 Å². The molecule has 14 heavy (non-hydrogen) atoms. The van der Waals surface area contributed by atoms with Gasteiger partial charge in [0, 0.05) is 15.8 Å². The fourth-order valence-electron chi connectivity index (χ4n) is 0.916. The van der Waals surface area contributed by atoms with Crippen LogP contribution >= 0.6 is 27.3 Å². The van der Waals surface area contributed by atoms with Crippen LogP contribution in [0.25, 0.3) is 12.2 Å². The number of carbonyl (C=O) groups is 1. The molecule has 4 heteroatoms. The molecule has 1 N–H and O–H groups in total. The van der Waals surface area contributed by atoms with Crippen molar-refractivity contribution in [1.82, 2.24) is 0 Å². The van der Waals surface area contributed by atoms with Gasteiger partial charge >= 0.3 is 5.97 Å². The van der Waals surface area contributed by atoms with E-state index in [9.17, 15) is 4.79 Å². The zero-order chi connectivity index (χ0) is 11.1. The molecule has 0 radical (unpaired) electrons. The summed E-state index contributed by atoms with van der Waals surface area (Å²) in [5, 5.41) is 10.3. The number of alkyl halides is 1. The van der Waals surface area contributed by atoms with Gasteiger partial charge in [-0.25, -0.2) is 4.79 Å². The monoisotopic (exact) mass is 274 g/mol. The average molecular weight is 275 g/mol. The lowest BCUT2D eigenvalue weighted by Crippen LogP contribution is -1.95. The zero-order valence-corrected chi connectivity index (χ0v) is 10.2. The minimum Gasteiger partial charge on any atom is -0.478 e. The van der Waals surface area contributed by atoms with Crippen molar-refractivity contribution in [2.24, 2.45) is 0 Å². The van der Waals surface area contributed by atoms with E-state index in [4.69, 9.17) is 5.11 Å². The third-order valence-electron chi connectivity index (χ3n) is 1.48. The summed E-state index contributed by atoms with van der Waals surface area (Å²) in [5.41, 5.74) is 0.951. The van der Waals surface area contributed by atoms with Crippen LogP contribution in [0.5, 0.6) is 0 Å². The quantitative estimate of drug-likeness (QED) is 0.853. The van der Waals surface area contributed by atoms with E-state index in [0.717, 1.165) is 4.88 Å². The number of thiophene rings is 1. The first-order valence-corrected chi connectivity index (χ1v) is 6.14. The number of aromatic carboxylic acids is 1. The molecule has 0 fully saturated rings. The zero-order valence-electron chi connectivity index (χ0n) is 7.79. The Balaban J connectivity index is 0.000000791. The maximum Gasteiger partial charge on any atom is 0.337 e. The van der Waals surface area contributed by atoms with E-state index in [1.165, 1.54) is 17.4 Å². The summed E-state index contributed by atoms with van der Waals surface area (Å²) >= 11 is 4.30. The van der Waals surface area contributed by atoms with Crippen LogP contribution in [-0.4, -0.2) is 16.9 Å². The molecule has 0 aliphatic rings. The van der Waals surface area contributed by atoms with Crippen LogP contribution in [0.4, 0.5) is 0 Å². The lowest BCUT2D eigenvalue weighted by molar-refractivity contribution is 0.0697. The van der Waals surface area contributed by atoms with Crippen molar-refractivity contribution in [2.45, 2.75) is 0 Å². The molecule has 1 aromatic heterocycles. The molecule has 0 spiro atoms. The van der Waals surface area contributed by atoms with Gasteiger partial charge in [0.15, 0.2) is 0 Å². The molecule has 76 valence electrons. The summed E-state index contributed by atoms with van der Waals surface area (Å²) < 4.78 is 0. The third kappa shape index (κ3) is 2.82. The number of rotatable bonds is 3. The van der Waals surface area contributed by atoms with E-state index in [1.54, 1.807) is 11.5 Å². The van der Waals surface area contributed by atoms with Crippen LogP contribution in [0.3, 0.4) is 0 Å². The van der Waals surface area contributed by atoms with Crippen molar-refractivity contribution in [3.63, 3.8) is 0 Å². The normalized spacial score (nSPS) is 8.43. The SMILES string of the molecule is C=Cc1scc(C(=O)O)c1C=C.CBr. The Labute approximate surface area is 95.7 Å². The predicted molar refractivity (Wildman–Crippen MR) is 66.3 cm³/mol. The molecule has 1 aromatic rings. The maximum absolute atomic E-state index is 10.6. The molecule has 1 rings (SSSR count). The van der Waals surface area contributed by atoms with Crippen LogP contribution < -0.4 is 0 Å². The topological polar surface area (TPSA) is 37.3 Å². The maximum atomic E-state index is 10.6. The second-order valence-corrected chi connectivity index (χ2v) is 3.05. The Kier molecular flexibility index (Phi) is 6.16. The standard InChI is InChI=1S/C9H8O2S.CH3Br/c1-3-6-7(9(10)11)5-12-8(6)4-2;1-2/h3-5H,1-2H2,(H,10,11);1H3. The molecule has 0 aliphatic heterocycles. The average Bonchev–Trinajstić information content (AvgIpc) is 2.63. The molecule has 0 atom stereocenters. The third-order valence-corrected chi connectivity index (χ3v) is 2.47. The Hall–Kier alpha value is -0.870. The van der Waals surface area contributed by atoms with Crippen LogP contribution in [0.2, 0.25) is 0 Å². The molecule has 0 amide bonds. The van der Waals surface area contributed by atoms with E-state index in [1.807, 2.05) is 5.83 Å². The molecule has 0 unspecified atom stereocenters. The highest BCUT2D eigenvalue weighted by atomic mass is 79.9.